The molecule has 7 heteroatoms. The molecule has 0 fully saturated rings. The summed E-state index contributed by atoms with van der Waals surface area (Å²) in [5.41, 5.74) is 0.885. The number of hydrogen-bond acceptors (Lipinski definition) is 6. The second-order valence-electron chi connectivity index (χ2n) is 5.31. The number of aromatic nitrogens is 1. The summed E-state index contributed by atoms with van der Waals surface area (Å²) >= 11 is 0. The molecule has 7 nitrogen and oxygen atoms in total. The van der Waals surface area contributed by atoms with Crippen molar-refractivity contribution in [2.24, 2.45) is 0 Å². The summed E-state index contributed by atoms with van der Waals surface area (Å²) < 4.78 is 11.2. The van der Waals surface area contributed by atoms with E-state index in [2.05, 4.69) is 4.98 Å². The van der Waals surface area contributed by atoms with E-state index in [1.54, 1.807) is 48.5 Å². The molecule has 0 radical (unpaired) electrons. The SMILES string of the molecule is N#Cc1ccc(Oc2cc(C(=O)O)cc(Oc3ccc(C#N)cc3)n2)cc1. The van der Waals surface area contributed by atoms with Crippen LogP contribution >= 0.6 is 0 Å². The van der Waals surface area contributed by atoms with E-state index in [0.29, 0.717) is 22.6 Å². The Morgan fingerprint density at radius 1 is 0.815 bits per heavy atom. The number of rotatable bonds is 5. The van der Waals surface area contributed by atoms with Gasteiger partial charge in [-0.1, -0.05) is 0 Å². The van der Waals surface area contributed by atoms with Gasteiger partial charge in [0.05, 0.1) is 28.8 Å². The normalized spacial score (nSPS) is 9.70. The van der Waals surface area contributed by atoms with Gasteiger partial charge >= 0.3 is 5.97 Å². The van der Waals surface area contributed by atoms with Gasteiger partial charge in [0.25, 0.3) is 0 Å². The van der Waals surface area contributed by atoms with Crippen molar-refractivity contribution in [3.63, 3.8) is 0 Å². The number of benzene rings is 2. The van der Waals surface area contributed by atoms with Crippen LogP contribution in [0.3, 0.4) is 0 Å². The van der Waals surface area contributed by atoms with E-state index < -0.39 is 5.97 Å². The molecule has 0 atom stereocenters. The molecule has 2 aromatic carbocycles. The zero-order valence-corrected chi connectivity index (χ0v) is 13.8. The maximum absolute atomic E-state index is 11.4. The number of pyridine rings is 1. The van der Waals surface area contributed by atoms with Crippen molar-refractivity contribution >= 4 is 5.97 Å². The van der Waals surface area contributed by atoms with Crippen LogP contribution in [0.5, 0.6) is 23.3 Å². The second kappa shape index (κ2) is 7.68. The molecule has 27 heavy (non-hydrogen) atoms. The summed E-state index contributed by atoms with van der Waals surface area (Å²) in [5.74, 6) is -0.306. The lowest BCUT2D eigenvalue weighted by atomic mass is 10.2. The fourth-order valence-corrected chi connectivity index (χ4v) is 2.15. The highest BCUT2D eigenvalue weighted by atomic mass is 16.5. The van der Waals surface area contributed by atoms with Crippen LogP contribution in [-0.2, 0) is 0 Å². The fraction of sp³-hybridized carbons (Fsp3) is 0. The van der Waals surface area contributed by atoms with Crippen molar-refractivity contribution in [1.29, 1.82) is 10.5 Å². The summed E-state index contributed by atoms with van der Waals surface area (Å²) in [6, 6.07) is 19.1. The molecule has 0 saturated heterocycles. The van der Waals surface area contributed by atoms with Gasteiger partial charge in [0.1, 0.15) is 11.5 Å². The molecule has 0 amide bonds. The van der Waals surface area contributed by atoms with Crippen LogP contribution in [0.4, 0.5) is 0 Å². The number of hydrogen-bond donors (Lipinski definition) is 1. The minimum absolute atomic E-state index is 0.0308. The molecule has 0 aliphatic carbocycles. The predicted octanol–water partition coefficient (Wildman–Crippen LogP) is 4.11. The summed E-state index contributed by atoms with van der Waals surface area (Å²) in [6.07, 6.45) is 0. The van der Waals surface area contributed by atoms with Gasteiger partial charge in [0.15, 0.2) is 0 Å². The Morgan fingerprint density at radius 2 is 1.22 bits per heavy atom. The smallest absolute Gasteiger partial charge is 0.336 e. The number of aromatic carboxylic acids is 1. The largest absolute Gasteiger partial charge is 0.478 e. The highest BCUT2D eigenvalue weighted by Gasteiger charge is 2.12. The van der Waals surface area contributed by atoms with E-state index >= 15 is 0 Å². The monoisotopic (exact) mass is 357 g/mol. The van der Waals surface area contributed by atoms with Crippen LogP contribution in [0, 0.1) is 22.7 Å². The predicted molar refractivity (Wildman–Crippen MR) is 93.7 cm³/mol. The van der Waals surface area contributed by atoms with Crippen molar-refractivity contribution in [1.82, 2.24) is 4.98 Å². The van der Waals surface area contributed by atoms with E-state index in [1.165, 1.54) is 12.1 Å². The van der Waals surface area contributed by atoms with Crippen molar-refractivity contribution in [2.45, 2.75) is 0 Å². The quantitative estimate of drug-likeness (QED) is 0.730. The molecule has 1 aromatic heterocycles. The van der Waals surface area contributed by atoms with Gasteiger partial charge in [-0.25, -0.2) is 4.79 Å². The first-order chi connectivity index (χ1) is 13.1. The molecule has 3 rings (SSSR count). The zero-order chi connectivity index (χ0) is 19.2. The number of ether oxygens (including phenoxy) is 2. The third kappa shape index (κ3) is 4.38. The van der Waals surface area contributed by atoms with Gasteiger partial charge < -0.3 is 14.6 Å². The number of carboxylic acid groups (broad SMARTS) is 1. The Kier molecular flexibility index (Phi) is 4.97. The molecule has 0 spiro atoms. The molecule has 0 saturated carbocycles. The molecule has 0 aliphatic rings. The second-order valence-corrected chi connectivity index (χ2v) is 5.31. The van der Waals surface area contributed by atoms with E-state index in [0.717, 1.165) is 0 Å². The van der Waals surface area contributed by atoms with Crippen LogP contribution in [0.1, 0.15) is 21.5 Å². The van der Waals surface area contributed by atoms with Crippen LogP contribution in [0.15, 0.2) is 60.7 Å². The van der Waals surface area contributed by atoms with Gasteiger partial charge in [-0.15, -0.1) is 0 Å². The molecule has 1 heterocycles. The summed E-state index contributed by atoms with van der Waals surface area (Å²) in [7, 11) is 0. The van der Waals surface area contributed by atoms with Gasteiger partial charge in [-0.3, -0.25) is 0 Å². The minimum atomic E-state index is -1.16. The third-order valence-electron chi connectivity index (χ3n) is 3.44. The van der Waals surface area contributed by atoms with Crippen LogP contribution < -0.4 is 9.47 Å². The lowest BCUT2D eigenvalue weighted by molar-refractivity contribution is 0.0696. The van der Waals surface area contributed by atoms with Crippen LogP contribution in [0.25, 0.3) is 0 Å². The van der Waals surface area contributed by atoms with Gasteiger partial charge in [-0.2, -0.15) is 15.5 Å². The standard InChI is InChI=1S/C20H11N3O4/c21-11-13-1-5-16(6-2-13)26-18-9-15(20(24)25)10-19(23-18)27-17-7-3-14(12-22)4-8-17/h1-10H,(H,24,25). The summed E-state index contributed by atoms with van der Waals surface area (Å²) in [5, 5.41) is 26.9. The van der Waals surface area contributed by atoms with Crippen LogP contribution in [0.2, 0.25) is 0 Å². The summed E-state index contributed by atoms with van der Waals surface area (Å²) in [4.78, 5) is 15.5. The maximum Gasteiger partial charge on any atom is 0.336 e. The van der Waals surface area contributed by atoms with E-state index in [9.17, 15) is 9.90 Å². The van der Waals surface area contributed by atoms with E-state index in [1.807, 2.05) is 12.1 Å². The lowest BCUT2D eigenvalue weighted by Gasteiger charge is -2.09. The Hall–Kier alpha value is -4.36. The zero-order valence-electron chi connectivity index (χ0n) is 13.8. The van der Waals surface area contributed by atoms with Crippen molar-refractivity contribution in [3.05, 3.63) is 77.4 Å². The molecular weight excluding hydrogens is 346 g/mol. The lowest BCUT2D eigenvalue weighted by Crippen LogP contribution is -2.00. The van der Waals surface area contributed by atoms with Crippen molar-refractivity contribution in [3.8, 4) is 35.4 Å². The summed E-state index contributed by atoms with van der Waals surface area (Å²) in [6.45, 7) is 0. The fourth-order valence-electron chi connectivity index (χ4n) is 2.15. The van der Waals surface area contributed by atoms with E-state index in [-0.39, 0.29) is 17.3 Å². The molecule has 130 valence electrons. The van der Waals surface area contributed by atoms with Gasteiger partial charge in [0, 0.05) is 12.1 Å². The highest BCUT2D eigenvalue weighted by molar-refractivity contribution is 5.88. The topological polar surface area (TPSA) is 116 Å². The Bertz CT molecular complexity index is 985. The molecule has 1 N–H and O–H groups in total. The van der Waals surface area contributed by atoms with E-state index in [4.69, 9.17) is 20.0 Å². The Balaban J connectivity index is 1.88. The molecule has 0 aliphatic heterocycles. The number of nitrogens with zero attached hydrogens (tertiary/aromatic N) is 3. The van der Waals surface area contributed by atoms with Gasteiger partial charge in [-0.05, 0) is 48.5 Å². The van der Waals surface area contributed by atoms with Crippen molar-refractivity contribution < 1.29 is 19.4 Å². The Labute approximate surface area is 154 Å². The molecule has 0 bridgehead atoms. The first kappa shape index (κ1) is 17.5. The van der Waals surface area contributed by atoms with Gasteiger partial charge in [0.2, 0.25) is 11.8 Å². The molecular formula is C20H11N3O4. The number of carboxylic acids is 1. The van der Waals surface area contributed by atoms with Crippen molar-refractivity contribution in [2.75, 3.05) is 0 Å². The number of carbonyl (C=O) groups is 1. The number of nitriles is 2. The first-order valence-corrected chi connectivity index (χ1v) is 7.69. The molecule has 0 unspecified atom stereocenters. The average molecular weight is 357 g/mol. The Morgan fingerprint density at radius 3 is 1.56 bits per heavy atom. The van der Waals surface area contributed by atoms with Crippen LogP contribution in [-0.4, -0.2) is 16.1 Å². The maximum atomic E-state index is 11.4. The first-order valence-electron chi connectivity index (χ1n) is 7.69. The average Bonchev–Trinajstić information content (AvgIpc) is 2.69. The minimum Gasteiger partial charge on any atom is -0.478 e. The molecule has 3 aromatic rings. The highest BCUT2D eigenvalue weighted by Crippen LogP contribution is 2.27. The third-order valence-corrected chi connectivity index (χ3v) is 3.44.